The zero-order chi connectivity index (χ0) is 14.0. The molecule has 0 aliphatic carbocycles. The van der Waals surface area contributed by atoms with Gasteiger partial charge in [0, 0.05) is 23.7 Å². The number of benzene rings is 1. The van der Waals surface area contributed by atoms with Crippen molar-refractivity contribution in [1.82, 2.24) is 0 Å². The summed E-state index contributed by atoms with van der Waals surface area (Å²) >= 11 is 0. The van der Waals surface area contributed by atoms with E-state index in [1.807, 2.05) is 18.2 Å². The highest BCUT2D eigenvalue weighted by atomic mass is 16.5. The highest BCUT2D eigenvalue weighted by Crippen LogP contribution is 2.37. The summed E-state index contributed by atoms with van der Waals surface area (Å²) in [5.41, 5.74) is 7.53. The zero-order valence-electron chi connectivity index (χ0n) is 11.7. The molecular formula is C14H21N3O2. The summed E-state index contributed by atoms with van der Waals surface area (Å²) in [5, 5.41) is 12.0. The van der Waals surface area contributed by atoms with Crippen molar-refractivity contribution in [3.05, 3.63) is 23.8 Å². The van der Waals surface area contributed by atoms with Gasteiger partial charge in [-0.05, 0) is 38.8 Å². The van der Waals surface area contributed by atoms with E-state index >= 15 is 0 Å². The molecule has 0 aromatic heterocycles. The maximum Gasteiger partial charge on any atom is 0.172 e. The number of oxime groups is 1. The molecule has 0 bridgehead atoms. The molecule has 0 atom stereocenters. The van der Waals surface area contributed by atoms with Crippen LogP contribution < -0.4 is 15.4 Å². The van der Waals surface area contributed by atoms with Gasteiger partial charge in [-0.2, -0.15) is 0 Å². The largest absolute Gasteiger partial charge is 0.497 e. The zero-order valence-corrected chi connectivity index (χ0v) is 11.7. The molecule has 5 nitrogen and oxygen atoms in total. The number of nitrogens with two attached hydrogens (primary N) is 1. The van der Waals surface area contributed by atoms with Crippen LogP contribution in [0, 0.1) is 0 Å². The highest BCUT2D eigenvalue weighted by Gasteiger charge is 2.33. The monoisotopic (exact) mass is 263 g/mol. The summed E-state index contributed by atoms with van der Waals surface area (Å²) in [7, 11) is 1.64. The highest BCUT2D eigenvalue weighted by molar-refractivity contribution is 6.02. The summed E-state index contributed by atoms with van der Waals surface area (Å²) < 4.78 is 5.28. The normalized spacial score (nSPS) is 18.7. The minimum Gasteiger partial charge on any atom is -0.497 e. The van der Waals surface area contributed by atoms with Crippen LogP contribution in [0.25, 0.3) is 0 Å². The number of hydrogen-bond acceptors (Lipinski definition) is 4. The molecule has 5 heteroatoms. The van der Waals surface area contributed by atoms with Gasteiger partial charge in [0.2, 0.25) is 0 Å². The third-order valence-electron chi connectivity index (χ3n) is 3.78. The Morgan fingerprint density at radius 2 is 2.21 bits per heavy atom. The summed E-state index contributed by atoms with van der Waals surface area (Å²) in [4.78, 5) is 2.29. The summed E-state index contributed by atoms with van der Waals surface area (Å²) in [5.74, 6) is 0.896. The Kier molecular flexibility index (Phi) is 3.55. The molecule has 1 aromatic rings. The third kappa shape index (κ3) is 2.45. The molecule has 1 aromatic carbocycles. The molecule has 0 saturated carbocycles. The van der Waals surface area contributed by atoms with Crippen LogP contribution in [-0.2, 0) is 0 Å². The Hall–Kier alpha value is -1.91. The van der Waals surface area contributed by atoms with Crippen LogP contribution in [0.5, 0.6) is 5.75 Å². The third-order valence-corrected chi connectivity index (χ3v) is 3.78. The topological polar surface area (TPSA) is 71.1 Å². The van der Waals surface area contributed by atoms with Crippen molar-refractivity contribution in [2.24, 2.45) is 10.9 Å². The molecule has 0 amide bonds. The number of anilines is 1. The van der Waals surface area contributed by atoms with E-state index in [1.54, 1.807) is 7.11 Å². The molecule has 1 saturated heterocycles. The molecule has 1 fully saturated rings. The minimum absolute atomic E-state index is 0.0663. The van der Waals surface area contributed by atoms with E-state index in [2.05, 4.69) is 23.9 Å². The first-order valence-corrected chi connectivity index (χ1v) is 6.43. The smallest absolute Gasteiger partial charge is 0.172 e. The van der Waals surface area contributed by atoms with E-state index in [-0.39, 0.29) is 11.4 Å². The van der Waals surface area contributed by atoms with Crippen LogP contribution in [0.2, 0.25) is 0 Å². The minimum atomic E-state index is 0.0663. The Balaban J connectivity index is 2.52. The molecule has 19 heavy (non-hydrogen) atoms. The lowest BCUT2D eigenvalue weighted by molar-refractivity contribution is 0.318. The van der Waals surface area contributed by atoms with Gasteiger partial charge in [-0.1, -0.05) is 5.16 Å². The first-order chi connectivity index (χ1) is 8.99. The van der Waals surface area contributed by atoms with E-state index in [4.69, 9.17) is 15.7 Å². The fourth-order valence-electron chi connectivity index (χ4n) is 2.69. The summed E-state index contributed by atoms with van der Waals surface area (Å²) in [6, 6.07) is 5.60. The lowest BCUT2D eigenvalue weighted by Crippen LogP contribution is -2.39. The quantitative estimate of drug-likeness (QED) is 0.379. The van der Waals surface area contributed by atoms with Gasteiger partial charge < -0.3 is 20.6 Å². The van der Waals surface area contributed by atoms with Crippen LogP contribution in [0.15, 0.2) is 23.4 Å². The van der Waals surface area contributed by atoms with Crippen molar-refractivity contribution in [1.29, 1.82) is 0 Å². The molecule has 104 valence electrons. The number of methoxy groups -OCH3 is 1. The molecule has 1 heterocycles. The van der Waals surface area contributed by atoms with Crippen LogP contribution >= 0.6 is 0 Å². The second kappa shape index (κ2) is 4.99. The lowest BCUT2D eigenvalue weighted by Gasteiger charge is -2.35. The Bertz CT molecular complexity index is 497. The van der Waals surface area contributed by atoms with Crippen LogP contribution in [-0.4, -0.2) is 30.2 Å². The number of rotatable bonds is 3. The van der Waals surface area contributed by atoms with Crippen molar-refractivity contribution in [2.75, 3.05) is 18.6 Å². The van der Waals surface area contributed by atoms with Crippen molar-refractivity contribution in [3.63, 3.8) is 0 Å². The second-order valence-corrected chi connectivity index (χ2v) is 5.44. The fourth-order valence-corrected chi connectivity index (χ4v) is 2.69. The standard InChI is InChI=1S/C14H21N3O2/c1-14(2)7-4-8-17(14)12-9-10(19-3)5-6-11(12)13(15)16-18/h5-6,9,18H,4,7-8H2,1-3H3,(H2,15,16). The molecule has 3 N–H and O–H groups in total. The molecule has 0 radical (unpaired) electrons. The number of nitrogens with zero attached hydrogens (tertiary/aromatic N) is 2. The van der Waals surface area contributed by atoms with Crippen molar-refractivity contribution in [2.45, 2.75) is 32.2 Å². The van der Waals surface area contributed by atoms with Crippen LogP contribution in [0.3, 0.4) is 0 Å². The predicted octanol–water partition coefficient (Wildman–Crippen LogP) is 2.17. The molecule has 2 rings (SSSR count). The first-order valence-electron chi connectivity index (χ1n) is 6.43. The second-order valence-electron chi connectivity index (χ2n) is 5.44. The molecule has 0 spiro atoms. The van der Waals surface area contributed by atoms with E-state index < -0.39 is 0 Å². The van der Waals surface area contributed by atoms with Crippen molar-refractivity contribution >= 4 is 11.5 Å². The first kappa shape index (κ1) is 13.5. The van der Waals surface area contributed by atoms with E-state index in [0.29, 0.717) is 0 Å². The van der Waals surface area contributed by atoms with E-state index in [0.717, 1.165) is 36.4 Å². The number of amidine groups is 1. The molecular weight excluding hydrogens is 242 g/mol. The summed E-state index contributed by atoms with van der Waals surface area (Å²) in [6.07, 6.45) is 2.26. The van der Waals surface area contributed by atoms with Gasteiger partial charge >= 0.3 is 0 Å². The predicted molar refractivity (Wildman–Crippen MR) is 76.2 cm³/mol. The lowest BCUT2D eigenvalue weighted by atomic mass is 10.00. The maximum absolute atomic E-state index is 8.93. The van der Waals surface area contributed by atoms with Gasteiger partial charge in [0.1, 0.15) is 5.75 Å². The van der Waals surface area contributed by atoms with Crippen LogP contribution in [0.4, 0.5) is 5.69 Å². The Morgan fingerprint density at radius 1 is 1.47 bits per heavy atom. The van der Waals surface area contributed by atoms with Gasteiger partial charge in [-0.25, -0.2) is 0 Å². The van der Waals surface area contributed by atoms with E-state index in [9.17, 15) is 0 Å². The van der Waals surface area contributed by atoms with Gasteiger partial charge in [0.05, 0.1) is 12.8 Å². The average Bonchev–Trinajstić information content (AvgIpc) is 2.76. The Labute approximate surface area is 113 Å². The summed E-state index contributed by atoms with van der Waals surface area (Å²) in [6.45, 7) is 5.37. The molecule has 1 aliphatic heterocycles. The molecule has 1 aliphatic rings. The molecule has 0 unspecified atom stereocenters. The number of hydrogen-bond donors (Lipinski definition) is 2. The average molecular weight is 263 g/mol. The van der Waals surface area contributed by atoms with E-state index in [1.165, 1.54) is 0 Å². The van der Waals surface area contributed by atoms with Gasteiger partial charge in [-0.3, -0.25) is 0 Å². The van der Waals surface area contributed by atoms with Gasteiger partial charge in [0.15, 0.2) is 5.84 Å². The maximum atomic E-state index is 8.93. The Morgan fingerprint density at radius 3 is 2.74 bits per heavy atom. The SMILES string of the molecule is COc1ccc(/C(N)=N/O)c(N2CCCC2(C)C)c1. The van der Waals surface area contributed by atoms with Gasteiger partial charge in [-0.15, -0.1) is 0 Å². The number of ether oxygens (including phenoxy) is 1. The van der Waals surface area contributed by atoms with Gasteiger partial charge in [0.25, 0.3) is 0 Å². The van der Waals surface area contributed by atoms with Crippen molar-refractivity contribution < 1.29 is 9.94 Å². The van der Waals surface area contributed by atoms with Crippen LogP contribution in [0.1, 0.15) is 32.3 Å². The fraction of sp³-hybridized carbons (Fsp3) is 0.500. The van der Waals surface area contributed by atoms with Crippen molar-refractivity contribution in [3.8, 4) is 5.75 Å².